The number of Topliss-reactive ketones (excluding diaryl/α,β-unsaturated/α-hetero) is 1. The summed E-state index contributed by atoms with van der Waals surface area (Å²) in [7, 11) is 2.12. The van der Waals surface area contributed by atoms with Crippen molar-refractivity contribution in [1.82, 2.24) is 14.8 Å². The summed E-state index contributed by atoms with van der Waals surface area (Å²) >= 11 is 1.46. The third-order valence-corrected chi connectivity index (χ3v) is 6.12. The number of carbonyl (C=O) groups is 1. The fourth-order valence-electron chi connectivity index (χ4n) is 3.49. The lowest BCUT2D eigenvalue weighted by Gasteiger charge is -2.31. The lowest BCUT2D eigenvalue weighted by molar-refractivity contribution is 0.0881. The molecular formula is C17H22N4OS. The van der Waals surface area contributed by atoms with Gasteiger partial charge in [0.2, 0.25) is 0 Å². The molecule has 2 aromatic rings. The number of hydrogen-bond donors (Lipinski definition) is 1. The van der Waals surface area contributed by atoms with Gasteiger partial charge in [-0.2, -0.15) is 0 Å². The van der Waals surface area contributed by atoms with E-state index in [0.717, 1.165) is 49.2 Å². The molecule has 1 saturated heterocycles. The first-order valence-electron chi connectivity index (χ1n) is 8.26. The number of aromatic nitrogens is 1. The molecule has 1 aliphatic carbocycles. The maximum Gasteiger partial charge on any atom is 0.188 e. The number of fused-ring (bicyclic) bond motifs is 2. The predicted octanol–water partition coefficient (Wildman–Crippen LogP) is 1.80. The number of ketones is 1. The molecular weight excluding hydrogens is 308 g/mol. The largest absolute Gasteiger partial charge is 0.397 e. The molecule has 0 unspecified atom stereocenters. The number of rotatable bonds is 3. The molecule has 122 valence electrons. The summed E-state index contributed by atoms with van der Waals surface area (Å²) in [4.78, 5) is 23.6. The van der Waals surface area contributed by atoms with Crippen molar-refractivity contribution in [2.45, 2.75) is 19.3 Å². The van der Waals surface area contributed by atoms with Gasteiger partial charge in [-0.1, -0.05) is 0 Å². The summed E-state index contributed by atoms with van der Waals surface area (Å²) in [6.07, 6.45) is 3.31. The minimum absolute atomic E-state index is 0.134. The highest BCUT2D eigenvalue weighted by Crippen LogP contribution is 2.36. The highest BCUT2D eigenvalue weighted by molar-refractivity contribution is 7.21. The molecule has 0 bridgehead atoms. The van der Waals surface area contributed by atoms with Crippen molar-refractivity contribution in [1.29, 1.82) is 0 Å². The normalized spacial score (nSPS) is 19.3. The maximum absolute atomic E-state index is 12.7. The van der Waals surface area contributed by atoms with Crippen molar-refractivity contribution >= 4 is 33.0 Å². The number of likely N-dealkylation sites (N-methyl/N-ethyl adjacent to an activating group) is 1. The lowest BCUT2D eigenvalue weighted by atomic mass is 10.1. The van der Waals surface area contributed by atoms with Crippen LogP contribution in [0.15, 0.2) is 6.07 Å². The van der Waals surface area contributed by atoms with Gasteiger partial charge in [0, 0.05) is 37.3 Å². The number of aryl methyl sites for hydroxylation is 2. The van der Waals surface area contributed by atoms with Crippen LogP contribution < -0.4 is 5.73 Å². The lowest BCUT2D eigenvalue weighted by Crippen LogP contribution is -2.46. The summed E-state index contributed by atoms with van der Waals surface area (Å²) in [5, 5.41) is 0.970. The van der Waals surface area contributed by atoms with E-state index in [9.17, 15) is 4.79 Å². The SMILES string of the molecule is CN1CCN(CC(=O)c2sc3nc4c(cc3c2N)CCC4)CC1. The van der Waals surface area contributed by atoms with E-state index in [1.165, 1.54) is 29.0 Å². The average Bonchev–Trinajstić information content (AvgIpc) is 3.12. The van der Waals surface area contributed by atoms with E-state index >= 15 is 0 Å². The Kier molecular flexibility index (Phi) is 3.83. The molecule has 0 spiro atoms. The Morgan fingerprint density at radius 2 is 2.09 bits per heavy atom. The van der Waals surface area contributed by atoms with Crippen LogP contribution in [0.2, 0.25) is 0 Å². The van der Waals surface area contributed by atoms with E-state index in [0.29, 0.717) is 17.1 Å². The minimum Gasteiger partial charge on any atom is -0.397 e. The average molecular weight is 330 g/mol. The number of hydrogen-bond acceptors (Lipinski definition) is 6. The summed E-state index contributed by atoms with van der Waals surface area (Å²) < 4.78 is 0. The Labute approximate surface area is 140 Å². The third-order valence-electron chi connectivity index (χ3n) is 4.97. The van der Waals surface area contributed by atoms with Crippen LogP contribution in [0.1, 0.15) is 27.3 Å². The van der Waals surface area contributed by atoms with Crippen LogP contribution in [0, 0.1) is 0 Å². The number of piperazine rings is 1. The van der Waals surface area contributed by atoms with Gasteiger partial charge in [0.25, 0.3) is 0 Å². The van der Waals surface area contributed by atoms with Crippen LogP contribution in [0.3, 0.4) is 0 Å². The molecule has 0 radical (unpaired) electrons. The van der Waals surface area contributed by atoms with Gasteiger partial charge in [0.1, 0.15) is 4.83 Å². The molecule has 2 aromatic heterocycles. The number of anilines is 1. The Hall–Kier alpha value is -1.50. The quantitative estimate of drug-likeness (QED) is 0.870. The molecule has 0 amide bonds. The van der Waals surface area contributed by atoms with E-state index in [1.807, 2.05) is 0 Å². The summed E-state index contributed by atoms with van der Waals surface area (Å²) in [5.41, 5.74) is 9.41. The van der Waals surface area contributed by atoms with Crippen molar-refractivity contribution in [3.05, 3.63) is 22.2 Å². The molecule has 0 saturated carbocycles. The molecule has 6 heteroatoms. The molecule has 2 aliphatic rings. The van der Waals surface area contributed by atoms with Crippen LogP contribution >= 0.6 is 11.3 Å². The van der Waals surface area contributed by atoms with Crippen LogP contribution in [-0.2, 0) is 12.8 Å². The third kappa shape index (κ3) is 2.75. The zero-order valence-corrected chi connectivity index (χ0v) is 14.3. The highest BCUT2D eigenvalue weighted by atomic mass is 32.1. The van der Waals surface area contributed by atoms with Crippen LogP contribution in [0.5, 0.6) is 0 Å². The van der Waals surface area contributed by atoms with E-state index in [2.05, 4.69) is 22.9 Å². The van der Waals surface area contributed by atoms with Gasteiger partial charge in [0.05, 0.1) is 17.1 Å². The number of carbonyl (C=O) groups excluding carboxylic acids is 1. The second-order valence-corrected chi connectivity index (χ2v) is 7.65. The zero-order chi connectivity index (χ0) is 16.0. The van der Waals surface area contributed by atoms with Crippen molar-refractivity contribution < 1.29 is 4.79 Å². The first kappa shape index (κ1) is 15.1. The molecule has 23 heavy (non-hydrogen) atoms. The molecule has 1 fully saturated rings. The van der Waals surface area contributed by atoms with Crippen molar-refractivity contribution in [3.8, 4) is 0 Å². The van der Waals surface area contributed by atoms with Gasteiger partial charge in [0.15, 0.2) is 5.78 Å². The number of nitrogens with zero attached hydrogens (tertiary/aromatic N) is 3. The molecule has 0 aromatic carbocycles. The minimum atomic E-state index is 0.134. The first-order chi connectivity index (χ1) is 11.1. The Morgan fingerprint density at radius 3 is 2.87 bits per heavy atom. The molecule has 5 nitrogen and oxygen atoms in total. The number of nitrogens with two attached hydrogens (primary N) is 1. The second-order valence-electron chi connectivity index (χ2n) is 6.65. The zero-order valence-electron chi connectivity index (χ0n) is 13.5. The number of nitrogen functional groups attached to an aromatic ring is 1. The standard InChI is InChI=1S/C17H22N4OS/c1-20-5-7-21(8-6-20)10-14(22)16-15(18)12-9-11-3-2-4-13(11)19-17(12)23-16/h9H,2-8,10,18H2,1H3. The van der Waals surface area contributed by atoms with E-state index in [-0.39, 0.29) is 5.78 Å². The summed E-state index contributed by atoms with van der Waals surface area (Å²) in [5.74, 6) is 0.134. The van der Waals surface area contributed by atoms with Crippen LogP contribution in [0.4, 0.5) is 5.69 Å². The molecule has 3 heterocycles. The topological polar surface area (TPSA) is 62.5 Å². The molecule has 2 N–H and O–H groups in total. The second kappa shape index (κ2) is 5.85. The van der Waals surface area contributed by atoms with Gasteiger partial charge in [-0.15, -0.1) is 11.3 Å². The van der Waals surface area contributed by atoms with Gasteiger partial charge < -0.3 is 10.6 Å². The summed E-state index contributed by atoms with van der Waals surface area (Å²) in [6.45, 7) is 4.39. The number of pyridine rings is 1. The first-order valence-corrected chi connectivity index (χ1v) is 9.08. The van der Waals surface area contributed by atoms with Crippen molar-refractivity contribution in [2.75, 3.05) is 45.5 Å². The smallest absolute Gasteiger partial charge is 0.188 e. The van der Waals surface area contributed by atoms with Crippen molar-refractivity contribution in [2.24, 2.45) is 0 Å². The Morgan fingerprint density at radius 1 is 1.30 bits per heavy atom. The monoisotopic (exact) mass is 330 g/mol. The highest BCUT2D eigenvalue weighted by Gasteiger charge is 2.23. The fraction of sp³-hybridized carbons (Fsp3) is 0.529. The summed E-state index contributed by atoms with van der Waals surface area (Å²) in [6, 6.07) is 2.16. The van der Waals surface area contributed by atoms with Gasteiger partial charge in [-0.25, -0.2) is 4.98 Å². The van der Waals surface area contributed by atoms with Gasteiger partial charge in [-0.3, -0.25) is 9.69 Å². The van der Waals surface area contributed by atoms with E-state index < -0.39 is 0 Å². The van der Waals surface area contributed by atoms with Gasteiger partial charge in [-0.05, 0) is 37.9 Å². The molecule has 1 aliphatic heterocycles. The van der Waals surface area contributed by atoms with E-state index in [1.54, 1.807) is 0 Å². The predicted molar refractivity (Wildman–Crippen MR) is 94.3 cm³/mol. The van der Waals surface area contributed by atoms with Crippen LogP contribution in [-0.4, -0.2) is 60.3 Å². The Balaban J connectivity index is 1.58. The fourth-order valence-corrected chi connectivity index (χ4v) is 4.51. The Bertz CT molecular complexity index is 762. The molecule has 0 atom stereocenters. The molecule has 4 rings (SSSR count). The maximum atomic E-state index is 12.7. The van der Waals surface area contributed by atoms with Gasteiger partial charge >= 0.3 is 0 Å². The van der Waals surface area contributed by atoms with E-state index in [4.69, 9.17) is 10.7 Å². The number of thiophene rings is 1. The van der Waals surface area contributed by atoms with Crippen molar-refractivity contribution in [3.63, 3.8) is 0 Å². The van der Waals surface area contributed by atoms with Crippen LogP contribution in [0.25, 0.3) is 10.2 Å².